The predicted molar refractivity (Wildman–Crippen MR) is 107 cm³/mol. The Morgan fingerprint density at radius 3 is 2.59 bits per heavy atom. The summed E-state index contributed by atoms with van der Waals surface area (Å²) in [5.74, 6) is -0.0165. The van der Waals surface area contributed by atoms with E-state index in [9.17, 15) is 18.0 Å². The summed E-state index contributed by atoms with van der Waals surface area (Å²) in [6, 6.07) is 2.44. The van der Waals surface area contributed by atoms with E-state index < -0.39 is 22.2 Å². The van der Waals surface area contributed by atoms with Crippen molar-refractivity contribution in [3.8, 4) is 5.75 Å². The summed E-state index contributed by atoms with van der Waals surface area (Å²) in [6.07, 6.45) is 3.56. The minimum atomic E-state index is -3.87. The minimum absolute atomic E-state index is 0.0847. The molecule has 0 bridgehead atoms. The number of sulfonamides is 1. The molecular formula is C20H27N3O5S. The molecular weight excluding hydrogens is 394 g/mol. The molecule has 0 unspecified atom stereocenters. The van der Waals surface area contributed by atoms with Crippen LogP contribution in [0.5, 0.6) is 5.75 Å². The summed E-state index contributed by atoms with van der Waals surface area (Å²) in [5.41, 5.74) is 0.977. The van der Waals surface area contributed by atoms with Gasteiger partial charge in [0.2, 0.25) is 15.9 Å². The monoisotopic (exact) mass is 421 g/mol. The number of benzene rings is 1. The Balaban J connectivity index is 1.65. The number of carbonyl (C=O) groups excluding carboxylic acids is 2. The van der Waals surface area contributed by atoms with E-state index in [1.54, 1.807) is 19.9 Å². The lowest BCUT2D eigenvalue weighted by molar-refractivity contribution is -0.135. The average molecular weight is 422 g/mol. The second-order valence-corrected chi connectivity index (χ2v) is 9.88. The van der Waals surface area contributed by atoms with E-state index in [0.29, 0.717) is 49.5 Å². The van der Waals surface area contributed by atoms with Gasteiger partial charge in [0.1, 0.15) is 11.8 Å². The highest BCUT2D eigenvalue weighted by atomic mass is 32.2. The number of carbonyl (C=O) groups is 2. The summed E-state index contributed by atoms with van der Waals surface area (Å²) in [5, 5.41) is 2.74. The lowest BCUT2D eigenvalue weighted by atomic mass is 10.1. The molecule has 0 aromatic heterocycles. The van der Waals surface area contributed by atoms with Crippen molar-refractivity contribution in [2.75, 3.05) is 25.0 Å². The van der Waals surface area contributed by atoms with Crippen molar-refractivity contribution in [3.05, 3.63) is 17.7 Å². The van der Waals surface area contributed by atoms with E-state index in [0.717, 1.165) is 19.3 Å². The average Bonchev–Trinajstić information content (AvgIpc) is 3.19. The molecule has 2 fully saturated rings. The van der Waals surface area contributed by atoms with E-state index in [4.69, 9.17) is 4.74 Å². The highest BCUT2D eigenvalue weighted by molar-refractivity contribution is 7.89. The zero-order valence-electron chi connectivity index (χ0n) is 16.8. The van der Waals surface area contributed by atoms with Gasteiger partial charge in [-0.15, -0.1) is 0 Å². The van der Waals surface area contributed by atoms with Crippen molar-refractivity contribution in [1.82, 2.24) is 9.21 Å². The van der Waals surface area contributed by atoms with E-state index in [2.05, 4.69) is 5.32 Å². The number of hydrogen-bond acceptors (Lipinski definition) is 5. The van der Waals surface area contributed by atoms with Gasteiger partial charge in [-0.25, -0.2) is 8.42 Å². The van der Waals surface area contributed by atoms with Gasteiger partial charge in [0.15, 0.2) is 6.10 Å². The molecule has 2 atom stereocenters. The molecule has 158 valence electrons. The Labute approximate surface area is 171 Å². The molecule has 0 radical (unpaired) electrons. The smallest absolute Gasteiger partial charge is 0.265 e. The molecule has 0 aliphatic carbocycles. The molecule has 9 heteroatoms. The number of likely N-dealkylation sites (tertiary alicyclic amines) is 1. The molecule has 0 spiro atoms. The van der Waals surface area contributed by atoms with Crippen LogP contribution in [0.15, 0.2) is 17.0 Å². The summed E-state index contributed by atoms with van der Waals surface area (Å²) >= 11 is 0. The number of nitrogens with zero attached hydrogens (tertiary/aromatic N) is 2. The van der Waals surface area contributed by atoms with Crippen molar-refractivity contribution < 1.29 is 22.7 Å². The number of anilines is 1. The number of rotatable bonds is 3. The van der Waals surface area contributed by atoms with Gasteiger partial charge in [-0.05, 0) is 57.6 Å². The SMILES string of the molecule is Cc1cc2c(cc1S(=O)(=O)N1CCC[C@@H]1C(=O)N1CCCCC1)O[C@H](C)C(=O)N2. The molecule has 0 saturated carbocycles. The Hall–Kier alpha value is -2.13. The third kappa shape index (κ3) is 3.61. The molecule has 1 N–H and O–H groups in total. The van der Waals surface area contributed by atoms with E-state index in [1.807, 2.05) is 4.90 Å². The van der Waals surface area contributed by atoms with Crippen LogP contribution in [0, 0.1) is 6.92 Å². The highest BCUT2D eigenvalue weighted by Gasteiger charge is 2.42. The fraction of sp³-hybridized carbons (Fsp3) is 0.600. The Morgan fingerprint density at radius 1 is 1.14 bits per heavy atom. The number of aryl methyl sites for hydroxylation is 1. The molecule has 3 heterocycles. The Morgan fingerprint density at radius 2 is 1.86 bits per heavy atom. The minimum Gasteiger partial charge on any atom is -0.479 e. The second kappa shape index (κ2) is 7.60. The van der Waals surface area contributed by atoms with Gasteiger partial charge in [0, 0.05) is 25.7 Å². The van der Waals surface area contributed by atoms with Gasteiger partial charge in [0.25, 0.3) is 5.91 Å². The normalized spacial score (nSPS) is 25.3. The molecule has 3 aliphatic rings. The molecule has 8 nitrogen and oxygen atoms in total. The van der Waals surface area contributed by atoms with Crippen molar-refractivity contribution in [1.29, 1.82) is 0 Å². The standard InChI is InChI=1S/C20H27N3O5S/c1-13-11-15-17(28-14(2)19(24)21-15)12-18(13)29(26,27)23-10-6-7-16(23)20(25)22-8-4-3-5-9-22/h11-12,14,16H,3-10H2,1-2H3,(H,21,24)/t14-,16-/m1/s1. The van der Waals surface area contributed by atoms with Crippen LogP contribution in [0.3, 0.4) is 0 Å². The molecule has 1 aromatic rings. The largest absolute Gasteiger partial charge is 0.479 e. The summed E-state index contributed by atoms with van der Waals surface area (Å²) < 4.78 is 33.9. The number of piperidine rings is 1. The van der Waals surface area contributed by atoms with Gasteiger partial charge >= 0.3 is 0 Å². The van der Waals surface area contributed by atoms with Crippen LogP contribution in [0.1, 0.15) is 44.6 Å². The fourth-order valence-electron chi connectivity index (χ4n) is 4.35. The number of amides is 2. The van der Waals surface area contributed by atoms with E-state index in [-0.39, 0.29) is 16.7 Å². The van der Waals surface area contributed by atoms with Crippen LogP contribution < -0.4 is 10.1 Å². The lowest BCUT2D eigenvalue weighted by Crippen LogP contribution is -2.49. The third-order valence-corrected chi connectivity index (χ3v) is 8.00. The molecule has 2 saturated heterocycles. The quantitative estimate of drug-likeness (QED) is 0.804. The van der Waals surface area contributed by atoms with Gasteiger partial charge in [0.05, 0.1) is 10.6 Å². The predicted octanol–water partition coefficient (Wildman–Crippen LogP) is 1.88. The van der Waals surface area contributed by atoms with Crippen molar-refractivity contribution in [2.24, 2.45) is 0 Å². The second-order valence-electron chi connectivity index (χ2n) is 8.02. The first kappa shape index (κ1) is 20.2. The van der Waals surface area contributed by atoms with Crippen molar-refractivity contribution in [3.63, 3.8) is 0 Å². The number of fused-ring (bicyclic) bond motifs is 1. The summed E-state index contributed by atoms with van der Waals surface area (Å²) in [7, 11) is -3.87. The van der Waals surface area contributed by atoms with E-state index in [1.165, 1.54) is 10.4 Å². The Kier molecular flexibility index (Phi) is 5.29. The molecule has 4 rings (SSSR count). The number of nitrogens with one attached hydrogen (secondary N) is 1. The molecule has 29 heavy (non-hydrogen) atoms. The van der Waals surface area contributed by atoms with Gasteiger partial charge in [-0.1, -0.05) is 0 Å². The zero-order chi connectivity index (χ0) is 20.8. The topological polar surface area (TPSA) is 96.0 Å². The van der Waals surface area contributed by atoms with Gasteiger partial charge in [-0.2, -0.15) is 4.31 Å². The van der Waals surface area contributed by atoms with Gasteiger partial charge in [-0.3, -0.25) is 9.59 Å². The number of ether oxygens (including phenoxy) is 1. The van der Waals surface area contributed by atoms with Crippen molar-refractivity contribution >= 4 is 27.5 Å². The van der Waals surface area contributed by atoms with Crippen molar-refractivity contribution in [2.45, 2.75) is 63.0 Å². The summed E-state index contributed by atoms with van der Waals surface area (Å²) in [4.78, 5) is 26.8. The van der Waals surface area contributed by atoms with E-state index >= 15 is 0 Å². The first-order valence-corrected chi connectivity index (χ1v) is 11.7. The van der Waals surface area contributed by atoms with Crippen LogP contribution in [-0.2, 0) is 19.6 Å². The highest BCUT2D eigenvalue weighted by Crippen LogP contribution is 2.37. The van der Waals surface area contributed by atoms with Crippen LogP contribution in [0.2, 0.25) is 0 Å². The molecule has 2 amide bonds. The third-order valence-electron chi connectivity index (χ3n) is 5.95. The number of hydrogen-bond donors (Lipinski definition) is 1. The zero-order valence-corrected chi connectivity index (χ0v) is 17.6. The van der Waals surface area contributed by atoms with Crippen LogP contribution in [-0.4, -0.2) is 61.2 Å². The van der Waals surface area contributed by atoms with Crippen LogP contribution in [0.25, 0.3) is 0 Å². The maximum absolute atomic E-state index is 13.5. The van der Waals surface area contributed by atoms with Crippen LogP contribution in [0.4, 0.5) is 5.69 Å². The van der Waals surface area contributed by atoms with Gasteiger partial charge < -0.3 is 15.0 Å². The molecule has 3 aliphatic heterocycles. The molecule has 1 aromatic carbocycles. The first-order valence-electron chi connectivity index (χ1n) is 10.2. The first-order chi connectivity index (χ1) is 13.8. The maximum Gasteiger partial charge on any atom is 0.265 e. The van der Waals surface area contributed by atoms with Crippen LogP contribution >= 0.6 is 0 Å². The summed E-state index contributed by atoms with van der Waals surface area (Å²) in [6.45, 7) is 5.03. The fourth-order valence-corrected chi connectivity index (χ4v) is 6.22. The Bertz CT molecular complexity index is 940. The maximum atomic E-state index is 13.5. The lowest BCUT2D eigenvalue weighted by Gasteiger charge is -2.32.